The predicted molar refractivity (Wildman–Crippen MR) is 123 cm³/mol. The quantitative estimate of drug-likeness (QED) is 0.289. The second-order valence-electron chi connectivity index (χ2n) is 6.52. The van der Waals surface area contributed by atoms with E-state index in [1.165, 1.54) is 0 Å². The first-order chi connectivity index (χ1) is 14.7. The summed E-state index contributed by atoms with van der Waals surface area (Å²) in [6, 6.07) is 27.1. The number of thiocarbonyl (C=S) groups is 1. The molecule has 0 aliphatic carbocycles. The van der Waals surface area contributed by atoms with E-state index in [2.05, 4.69) is 21.2 Å². The van der Waals surface area contributed by atoms with Gasteiger partial charge in [-0.3, -0.25) is 15.6 Å². The molecule has 0 saturated carbocycles. The number of nitrogens with one attached hydrogen (secondary N) is 4. The molecule has 0 aliphatic rings. The zero-order valence-corrected chi connectivity index (χ0v) is 16.8. The molecule has 0 fully saturated rings. The molecule has 6 nitrogen and oxygen atoms in total. The number of benzene rings is 3. The molecule has 1 amide bonds. The predicted octanol–water partition coefficient (Wildman–Crippen LogP) is 4.23. The maximum Gasteiger partial charge on any atom is 0.276 e. The third kappa shape index (κ3) is 4.59. The van der Waals surface area contributed by atoms with Crippen LogP contribution in [-0.2, 0) is 4.79 Å². The Balaban J connectivity index is 1.42. The fraction of sp³-hybridized carbons (Fsp3) is 0.0435. The molecule has 0 saturated heterocycles. The summed E-state index contributed by atoms with van der Waals surface area (Å²) in [7, 11) is 0. The van der Waals surface area contributed by atoms with Crippen LogP contribution in [-0.4, -0.2) is 22.6 Å². The van der Waals surface area contributed by atoms with Crippen molar-refractivity contribution in [2.45, 2.75) is 0 Å². The number of rotatable bonds is 5. The Kier molecular flexibility index (Phi) is 5.91. The monoisotopic (exact) mass is 416 g/mol. The number of anilines is 1. The van der Waals surface area contributed by atoms with Crippen LogP contribution in [0, 0.1) is 0 Å². The first kappa shape index (κ1) is 19.5. The van der Waals surface area contributed by atoms with Gasteiger partial charge in [-0.2, -0.15) is 0 Å². The van der Waals surface area contributed by atoms with E-state index in [1.807, 2.05) is 72.8 Å². The van der Waals surface area contributed by atoms with Crippen LogP contribution in [0.3, 0.4) is 0 Å². The van der Waals surface area contributed by atoms with Gasteiger partial charge < -0.3 is 15.0 Å². The number of hydrogen-bond donors (Lipinski definition) is 4. The summed E-state index contributed by atoms with van der Waals surface area (Å²) in [4.78, 5) is 15.5. The highest BCUT2D eigenvalue weighted by Crippen LogP contribution is 2.34. The Morgan fingerprint density at radius 2 is 1.53 bits per heavy atom. The van der Waals surface area contributed by atoms with Gasteiger partial charge in [0, 0.05) is 16.5 Å². The molecule has 0 atom stereocenters. The van der Waals surface area contributed by atoms with Crippen LogP contribution >= 0.6 is 12.2 Å². The van der Waals surface area contributed by atoms with Crippen molar-refractivity contribution in [1.29, 1.82) is 0 Å². The van der Waals surface area contributed by atoms with Gasteiger partial charge in [0.15, 0.2) is 11.7 Å². The average molecular weight is 417 g/mol. The van der Waals surface area contributed by atoms with Gasteiger partial charge in [-0.05, 0) is 30.4 Å². The molecule has 1 aromatic heterocycles. The zero-order valence-electron chi connectivity index (χ0n) is 16.0. The van der Waals surface area contributed by atoms with Gasteiger partial charge in [0.25, 0.3) is 5.91 Å². The van der Waals surface area contributed by atoms with Crippen LogP contribution in [0.25, 0.3) is 22.2 Å². The standard InChI is InChI=1S/C23H20N4O2S/c28-20(15-29-17-11-5-2-6-12-17)26-27-23(30)25-22-18-13-7-8-14-19(18)24-21(22)16-9-3-1-4-10-16/h1-14,24H,15H2,(H,26,28)(H2,25,27,30). The fourth-order valence-electron chi connectivity index (χ4n) is 3.07. The number of hydrogen-bond acceptors (Lipinski definition) is 3. The van der Waals surface area contributed by atoms with Gasteiger partial charge >= 0.3 is 0 Å². The van der Waals surface area contributed by atoms with Gasteiger partial charge in [0.1, 0.15) is 5.75 Å². The molecule has 0 spiro atoms. The highest BCUT2D eigenvalue weighted by atomic mass is 32.1. The van der Waals surface area contributed by atoms with E-state index in [-0.39, 0.29) is 17.6 Å². The summed E-state index contributed by atoms with van der Waals surface area (Å²) >= 11 is 5.38. The third-order valence-corrected chi connectivity index (χ3v) is 4.64. The molecule has 150 valence electrons. The summed E-state index contributed by atoms with van der Waals surface area (Å²) in [5.74, 6) is 0.282. The molecule has 0 aliphatic heterocycles. The summed E-state index contributed by atoms with van der Waals surface area (Å²) in [5.41, 5.74) is 9.04. The molecule has 0 bridgehead atoms. The van der Waals surface area contributed by atoms with E-state index in [0.29, 0.717) is 5.75 Å². The van der Waals surface area contributed by atoms with Crippen LogP contribution in [0.2, 0.25) is 0 Å². The number of carbonyl (C=O) groups is 1. The number of ether oxygens (including phenoxy) is 1. The number of aromatic nitrogens is 1. The van der Waals surface area contributed by atoms with Crippen molar-refractivity contribution in [2.75, 3.05) is 11.9 Å². The number of para-hydroxylation sites is 2. The van der Waals surface area contributed by atoms with Gasteiger partial charge in [-0.25, -0.2) is 0 Å². The molecule has 4 aromatic rings. The smallest absolute Gasteiger partial charge is 0.276 e. The van der Waals surface area contributed by atoms with Crippen LogP contribution in [0.15, 0.2) is 84.9 Å². The Bertz CT molecular complexity index is 1160. The SMILES string of the molecule is O=C(COc1ccccc1)NNC(=S)Nc1c(-c2ccccc2)[nH]c2ccccc12. The molecule has 0 unspecified atom stereocenters. The van der Waals surface area contributed by atoms with Crippen molar-refractivity contribution in [3.8, 4) is 17.0 Å². The van der Waals surface area contributed by atoms with Crippen LogP contribution in [0.4, 0.5) is 5.69 Å². The van der Waals surface area contributed by atoms with Crippen molar-refractivity contribution >= 4 is 39.8 Å². The molecule has 7 heteroatoms. The lowest BCUT2D eigenvalue weighted by molar-refractivity contribution is -0.123. The largest absolute Gasteiger partial charge is 0.484 e. The minimum absolute atomic E-state index is 0.123. The summed E-state index contributed by atoms with van der Waals surface area (Å²) in [6.45, 7) is -0.123. The summed E-state index contributed by atoms with van der Waals surface area (Å²) < 4.78 is 5.42. The first-order valence-corrected chi connectivity index (χ1v) is 9.81. The van der Waals surface area contributed by atoms with Crippen molar-refractivity contribution in [1.82, 2.24) is 15.8 Å². The van der Waals surface area contributed by atoms with Crippen molar-refractivity contribution < 1.29 is 9.53 Å². The number of aromatic amines is 1. The van der Waals surface area contributed by atoms with Crippen LogP contribution in [0.5, 0.6) is 5.75 Å². The number of amides is 1. The molecule has 4 rings (SSSR count). The van der Waals surface area contributed by atoms with Crippen molar-refractivity contribution in [3.05, 3.63) is 84.9 Å². The van der Waals surface area contributed by atoms with E-state index in [9.17, 15) is 4.79 Å². The van der Waals surface area contributed by atoms with Gasteiger partial charge in [0.2, 0.25) is 0 Å². The second kappa shape index (κ2) is 9.11. The summed E-state index contributed by atoms with van der Waals surface area (Å²) in [6.07, 6.45) is 0. The van der Waals surface area contributed by atoms with Crippen LogP contribution < -0.4 is 20.9 Å². The van der Waals surface area contributed by atoms with Gasteiger partial charge in [-0.15, -0.1) is 0 Å². The Morgan fingerprint density at radius 3 is 2.30 bits per heavy atom. The maximum absolute atomic E-state index is 12.0. The number of carbonyl (C=O) groups excluding carboxylic acids is 1. The maximum atomic E-state index is 12.0. The highest BCUT2D eigenvalue weighted by molar-refractivity contribution is 7.80. The first-order valence-electron chi connectivity index (χ1n) is 9.40. The van der Waals surface area contributed by atoms with Gasteiger partial charge in [0.05, 0.1) is 11.4 Å². The molecular formula is C23H20N4O2S. The molecule has 3 aromatic carbocycles. The topological polar surface area (TPSA) is 78.2 Å². The lowest BCUT2D eigenvalue weighted by Crippen LogP contribution is -2.45. The fourth-order valence-corrected chi connectivity index (χ4v) is 3.22. The minimum atomic E-state index is -0.342. The Labute approximate surface area is 179 Å². The van der Waals surface area contributed by atoms with Crippen molar-refractivity contribution in [2.24, 2.45) is 0 Å². The molecule has 1 heterocycles. The van der Waals surface area contributed by atoms with Crippen molar-refractivity contribution in [3.63, 3.8) is 0 Å². The van der Waals surface area contributed by atoms with E-state index in [4.69, 9.17) is 17.0 Å². The minimum Gasteiger partial charge on any atom is -0.484 e. The molecule has 0 radical (unpaired) electrons. The number of H-pyrrole nitrogens is 1. The lowest BCUT2D eigenvalue weighted by Gasteiger charge is -2.13. The molecular weight excluding hydrogens is 396 g/mol. The van der Waals surface area contributed by atoms with E-state index >= 15 is 0 Å². The van der Waals surface area contributed by atoms with E-state index < -0.39 is 0 Å². The number of fused-ring (bicyclic) bond motifs is 1. The average Bonchev–Trinajstić information content (AvgIpc) is 3.16. The zero-order chi connectivity index (χ0) is 20.8. The Hall–Kier alpha value is -3.84. The van der Waals surface area contributed by atoms with E-state index in [1.54, 1.807) is 12.1 Å². The summed E-state index contributed by atoms with van der Waals surface area (Å²) in [5, 5.41) is 4.46. The molecule has 30 heavy (non-hydrogen) atoms. The lowest BCUT2D eigenvalue weighted by atomic mass is 10.1. The second-order valence-corrected chi connectivity index (χ2v) is 6.92. The van der Waals surface area contributed by atoms with E-state index in [0.717, 1.165) is 27.8 Å². The highest BCUT2D eigenvalue weighted by Gasteiger charge is 2.14. The number of hydrazine groups is 1. The third-order valence-electron chi connectivity index (χ3n) is 4.44. The normalized spacial score (nSPS) is 10.4. The Morgan fingerprint density at radius 1 is 0.867 bits per heavy atom. The van der Waals surface area contributed by atoms with Gasteiger partial charge in [-0.1, -0.05) is 66.7 Å². The van der Waals surface area contributed by atoms with Crippen LogP contribution in [0.1, 0.15) is 0 Å². The molecule has 4 N–H and O–H groups in total.